The summed E-state index contributed by atoms with van der Waals surface area (Å²) in [7, 11) is 0. The number of rotatable bonds is 5. The fourth-order valence-electron chi connectivity index (χ4n) is 1.54. The average molecular weight is 267 g/mol. The van der Waals surface area contributed by atoms with Gasteiger partial charge in [-0.05, 0) is 36.3 Å². The van der Waals surface area contributed by atoms with Crippen LogP contribution >= 0.6 is 0 Å². The Bertz CT molecular complexity index is 562. The van der Waals surface area contributed by atoms with Crippen molar-refractivity contribution in [1.29, 1.82) is 0 Å². The Labute approximate surface area is 119 Å². The molecule has 0 aliphatic rings. The number of benzene rings is 2. The molecule has 0 aliphatic carbocycles. The van der Waals surface area contributed by atoms with E-state index in [2.05, 4.69) is 5.16 Å². The van der Waals surface area contributed by atoms with Gasteiger partial charge in [-0.15, -0.1) is 0 Å². The summed E-state index contributed by atoms with van der Waals surface area (Å²) in [5.74, 6) is 1.14. The highest BCUT2D eigenvalue weighted by molar-refractivity contribution is 5.93. The van der Waals surface area contributed by atoms with Gasteiger partial charge < -0.3 is 9.57 Å². The molecule has 0 spiro atoms. The molecule has 0 fully saturated rings. The SMILES string of the molecule is C/C=C/CO/C(=N\Oc1ccccc1)c1ccccc1. The lowest BCUT2D eigenvalue weighted by Gasteiger charge is -2.07. The lowest BCUT2D eigenvalue weighted by Crippen LogP contribution is -2.08. The van der Waals surface area contributed by atoms with Gasteiger partial charge in [-0.1, -0.05) is 48.6 Å². The molecule has 20 heavy (non-hydrogen) atoms. The summed E-state index contributed by atoms with van der Waals surface area (Å²) in [6.07, 6.45) is 3.85. The summed E-state index contributed by atoms with van der Waals surface area (Å²) in [5.41, 5.74) is 0.882. The van der Waals surface area contributed by atoms with Gasteiger partial charge >= 0.3 is 0 Å². The lowest BCUT2D eigenvalue weighted by molar-refractivity contribution is 0.289. The van der Waals surface area contributed by atoms with Crippen LogP contribution in [-0.4, -0.2) is 12.5 Å². The van der Waals surface area contributed by atoms with Gasteiger partial charge in [-0.25, -0.2) is 0 Å². The largest absolute Gasteiger partial charge is 0.471 e. The van der Waals surface area contributed by atoms with Crippen LogP contribution < -0.4 is 4.84 Å². The summed E-state index contributed by atoms with van der Waals surface area (Å²) in [5, 5.41) is 4.10. The van der Waals surface area contributed by atoms with Crippen molar-refractivity contribution in [3.8, 4) is 5.75 Å². The Balaban J connectivity index is 2.13. The Kier molecular flexibility index (Phi) is 5.40. The van der Waals surface area contributed by atoms with Crippen molar-refractivity contribution in [3.05, 3.63) is 78.4 Å². The van der Waals surface area contributed by atoms with Gasteiger partial charge in [0.25, 0.3) is 5.90 Å². The van der Waals surface area contributed by atoms with Crippen molar-refractivity contribution >= 4 is 5.90 Å². The van der Waals surface area contributed by atoms with Gasteiger partial charge in [0.1, 0.15) is 6.61 Å². The fraction of sp³-hybridized carbons (Fsp3) is 0.118. The third-order valence-electron chi connectivity index (χ3n) is 2.55. The number of para-hydroxylation sites is 1. The molecule has 3 nitrogen and oxygen atoms in total. The molecule has 0 radical (unpaired) electrons. The monoisotopic (exact) mass is 267 g/mol. The maximum Gasteiger partial charge on any atom is 0.258 e. The zero-order chi connectivity index (χ0) is 14.0. The van der Waals surface area contributed by atoms with E-state index in [1.807, 2.05) is 79.7 Å². The summed E-state index contributed by atoms with van der Waals surface area (Å²) in [4.78, 5) is 5.39. The van der Waals surface area contributed by atoms with E-state index < -0.39 is 0 Å². The van der Waals surface area contributed by atoms with E-state index in [9.17, 15) is 0 Å². The first-order valence-electron chi connectivity index (χ1n) is 6.49. The summed E-state index contributed by atoms with van der Waals surface area (Å²) >= 11 is 0. The van der Waals surface area contributed by atoms with Crippen LogP contribution in [0.2, 0.25) is 0 Å². The van der Waals surface area contributed by atoms with Crippen LogP contribution in [0.25, 0.3) is 0 Å². The standard InChI is InChI=1S/C17H17NO2/c1-2-3-14-19-17(15-10-6-4-7-11-15)18-20-16-12-8-5-9-13-16/h2-13H,14H2,1H3/b3-2+,18-17-. The van der Waals surface area contributed by atoms with Crippen LogP contribution in [0.5, 0.6) is 5.75 Å². The Hall–Kier alpha value is -2.55. The predicted molar refractivity (Wildman–Crippen MR) is 80.8 cm³/mol. The molecule has 3 heteroatoms. The van der Waals surface area contributed by atoms with Gasteiger partial charge in [0.15, 0.2) is 5.75 Å². The van der Waals surface area contributed by atoms with Gasteiger partial charge in [-0.2, -0.15) is 0 Å². The average Bonchev–Trinajstić information content (AvgIpc) is 2.52. The smallest absolute Gasteiger partial charge is 0.258 e. The molecule has 0 atom stereocenters. The number of allylic oxidation sites excluding steroid dienone is 1. The third kappa shape index (κ3) is 4.28. The van der Waals surface area contributed by atoms with Crippen LogP contribution in [0.4, 0.5) is 0 Å². The van der Waals surface area contributed by atoms with E-state index in [4.69, 9.17) is 9.57 Å². The molecule has 2 rings (SSSR count). The summed E-state index contributed by atoms with van der Waals surface area (Å²) in [6.45, 7) is 2.41. The minimum Gasteiger partial charge on any atom is -0.471 e. The van der Waals surface area contributed by atoms with Gasteiger partial charge in [0.2, 0.25) is 0 Å². The number of hydrogen-bond donors (Lipinski definition) is 0. The first-order valence-corrected chi connectivity index (χ1v) is 6.49. The Morgan fingerprint density at radius 2 is 1.65 bits per heavy atom. The zero-order valence-electron chi connectivity index (χ0n) is 11.4. The van der Waals surface area contributed by atoms with E-state index >= 15 is 0 Å². The third-order valence-corrected chi connectivity index (χ3v) is 2.55. The van der Waals surface area contributed by atoms with Crippen LogP contribution in [0, 0.1) is 0 Å². The van der Waals surface area contributed by atoms with Gasteiger partial charge in [-0.3, -0.25) is 0 Å². The summed E-state index contributed by atoms with van der Waals surface area (Å²) in [6, 6.07) is 19.1. The number of nitrogens with zero attached hydrogens (tertiary/aromatic N) is 1. The van der Waals surface area contributed by atoms with Crippen LogP contribution in [-0.2, 0) is 4.74 Å². The predicted octanol–water partition coefficient (Wildman–Crippen LogP) is 4.02. The lowest BCUT2D eigenvalue weighted by atomic mass is 10.2. The molecule has 2 aromatic rings. The molecular formula is C17H17NO2. The molecule has 0 bridgehead atoms. The molecule has 0 saturated carbocycles. The second kappa shape index (κ2) is 7.79. The topological polar surface area (TPSA) is 30.8 Å². The minimum absolute atomic E-state index is 0.461. The molecule has 0 unspecified atom stereocenters. The molecule has 0 aliphatic heterocycles. The minimum atomic E-state index is 0.461. The van der Waals surface area contributed by atoms with Crippen LogP contribution in [0.3, 0.4) is 0 Å². The van der Waals surface area contributed by atoms with Crippen molar-refractivity contribution < 1.29 is 9.57 Å². The first kappa shape index (κ1) is 13.9. The van der Waals surface area contributed by atoms with E-state index in [0.717, 1.165) is 5.56 Å². The quantitative estimate of drug-likeness (QED) is 0.354. The van der Waals surface area contributed by atoms with Crippen molar-refractivity contribution in [3.63, 3.8) is 0 Å². The highest BCUT2D eigenvalue weighted by Crippen LogP contribution is 2.10. The van der Waals surface area contributed by atoms with Gasteiger partial charge in [0.05, 0.1) is 0 Å². The second-order valence-electron chi connectivity index (χ2n) is 4.05. The molecule has 0 saturated heterocycles. The van der Waals surface area contributed by atoms with E-state index in [1.54, 1.807) is 0 Å². The highest BCUT2D eigenvalue weighted by Gasteiger charge is 2.04. The summed E-state index contributed by atoms with van der Waals surface area (Å²) < 4.78 is 5.63. The van der Waals surface area contributed by atoms with Crippen molar-refractivity contribution in [2.45, 2.75) is 6.92 Å². The molecule has 2 aromatic carbocycles. The first-order chi connectivity index (χ1) is 9.90. The molecule has 0 amide bonds. The fourth-order valence-corrected chi connectivity index (χ4v) is 1.54. The van der Waals surface area contributed by atoms with Gasteiger partial charge in [0, 0.05) is 5.56 Å². The second-order valence-corrected chi connectivity index (χ2v) is 4.05. The molecule has 102 valence electrons. The van der Waals surface area contributed by atoms with Crippen LogP contribution in [0.15, 0.2) is 78.0 Å². The van der Waals surface area contributed by atoms with E-state index in [0.29, 0.717) is 18.3 Å². The Morgan fingerprint density at radius 1 is 1.00 bits per heavy atom. The highest BCUT2D eigenvalue weighted by atomic mass is 16.6. The van der Waals surface area contributed by atoms with Crippen molar-refractivity contribution in [1.82, 2.24) is 0 Å². The molecular weight excluding hydrogens is 250 g/mol. The number of oxime groups is 1. The zero-order valence-corrected chi connectivity index (χ0v) is 11.4. The number of ether oxygens (including phenoxy) is 1. The normalized spacial score (nSPS) is 11.6. The molecule has 0 heterocycles. The molecule has 0 aromatic heterocycles. The molecule has 0 N–H and O–H groups in total. The van der Waals surface area contributed by atoms with Crippen LogP contribution in [0.1, 0.15) is 12.5 Å². The Morgan fingerprint density at radius 3 is 2.30 bits per heavy atom. The van der Waals surface area contributed by atoms with Crippen molar-refractivity contribution in [2.75, 3.05) is 6.61 Å². The van der Waals surface area contributed by atoms with E-state index in [1.165, 1.54) is 0 Å². The van der Waals surface area contributed by atoms with Crippen molar-refractivity contribution in [2.24, 2.45) is 5.16 Å². The maximum absolute atomic E-state index is 5.63. The maximum atomic E-state index is 5.63. The number of hydrogen-bond acceptors (Lipinski definition) is 3. The van der Waals surface area contributed by atoms with E-state index in [-0.39, 0.29) is 0 Å².